The van der Waals surface area contributed by atoms with Crippen LogP contribution < -0.4 is 9.64 Å². The van der Waals surface area contributed by atoms with Crippen molar-refractivity contribution in [2.45, 2.75) is 82.1 Å². The van der Waals surface area contributed by atoms with Gasteiger partial charge in [0.15, 0.2) is 11.4 Å². The second-order valence-corrected chi connectivity index (χ2v) is 12.3. The van der Waals surface area contributed by atoms with Crippen molar-refractivity contribution in [2.75, 3.05) is 38.2 Å². The van der Waals surface area contributed by atoms with Gasteiger partial charge < -0.3 is 19.6 Å². The molecule has 0 fully saturated rings. The van der Waals surface area contributed by atoms with Gasteiger partial charge >= 0.3 is 0 Å². The zero-order chi connectivity index (χ0) is 27.6. The number of hydrogen-bond acceptors (Lipinski definition) is 5. The summed E-state index contributed by atoms with van der Waals surface area (Å²) < 4.78 is 6.54. The average Bonchev–Trinajstić information content (AvgIpc) is 3.06. The van der Waals surface area contributed by atoms with Gasteiger partial charge in [-0.1, -0.05) is 49.4 Å². The summed E-state index contributed by atoms with van der Waals surface area (Å²) in [6.45, 7) is 4.21. The van der Waals surface area contributed by atoms with E-state index < -0.39 is 11.4 Å². The molecule has 5 rings (SSSR count). The highest BCUT2D eigenvalue weighted by Gasteiger charge is 2.43. The molecule has 0 saturated heterocycles. The number of amides is 1. The van der Waals surface area contributed by atoms with E-state index in [1.54, 1.807) is 18.0 Å². The number of fused-ring (bicyclic) bond motifs is 3. The molecule has 0 unspecified atom stereocenters. The molecule has 1 N–H and O–H groups in total. The third kappa shape index (κ3) is 5.69. The number of halogens is 1. The fourth-order valence-corrected chi connectivity index (χ4v) is 6.87. The van der Waals surface area contributed by atoms with Crippen LogP contribution in [0, 0.1) is 0 Å². The molecule has 2 bridgehead atoms. The molecule has 2 atom stereocenters. The Morgan fingerprint density at radius 2 is 1.74 bits per heavy atom. The van der Waals surface area contributed by atoms with Crippen molar-refractivity contribution in [3.05, 3.63) is 58.1 Å². The minimum atomic E-state index is -1.89. The van der Waals surface area contributed by atoms with E-state index in [-0.39, 0.29) is 17.7 Å². The molecule has 39 heavy (non-hydrogen) atoms. The number of rotatable bonds is 1. The van der Waals surface area contributed by atoms with Gasteiger partial charge in [0.2, 0.25) is 5.91 Å². The van der Waals surface area contributed by atoms with Crippen LogP contribution in [0.3, 0.4) is 0 Å². The van der Waals surface area contributed by atoms with Crippen LogP contribution in [0.2, 0.25) is 5.02 Å². The van der Waals surface area contributed by atoms with Gasteiger partial charge in [-0.05, 0) is 80.0 Å². The zero-order valence-electron chi connectivity index (χ0n) is 23.3. The lowest BCUT2D eigenvalue weighted by Crippen LogP contribution is -2.46. The van der Waals surface area contributed by atoms with E-state index in [0.717, 1.165) is 80.9 Å². The predicted molar refractivity (Wildman–Crippen MR) is 155 cm³/mol. The van der Waals surface area contributed by atoms with Crippen molar-refractivity contribution in [3.8, 4) is 5.75 Å². The summed E-state index contributed by atoms with van der Waals surface area (Å²) in [6.07, 6.45) is 9.35. The fourth-order valence-electron chi connectivity index (χ4n) is 6.67. The number of ketones is 1. The van der Waals surface area contributed by atoms with Crippen molar-refractivity contribution in [2.24, 2.45) is 0 Å². The van der Waals surface area contributed by atoms with Crippen LogP contribution in [-0.4, -0.2) is 55.0 Å². The minimum absolute atomic E-state index is 0.173. The van der Waals surface area contributed by atoms with Crippen molar-refractivity contribution < 1.29 is 19.4 Å². The van der Waals surface area contributed by atoms with Gasteiger partial charge in [-0.2, -0.15) is 0 Å². The first-order valence-corrected chi connectivity index (χ1v) is 14.9. The molecule has 210 valence electrons. The Balaban J connectivity index is 1.56. The fraction of sp³-hybridized carbons (Fsp3) is 0.562. The van der Waals surface area contributed by atoms with E-state index in [4.69, 9.17) is 16.3 Å². The maximum atomic E-state index is 13.1. The summed E-state index contributed by atoms with van der Waals surface area (Å²) >= 11 is 6.37. The standard InChI is InChI=1S/C32H41ClN2O4/c1-23(36)32(38)20-30(37)34(2)16-7-5-3-4-6-8-17-35-21-31(22-39-29-14-11-25(32)19-28(29)35)15-9-10-24-18-26(33)12-13-27(24)31/h11-14,18-19,38H,3-10,15-17,20-22H2,1-2H3/t31-,32+/m0/s1. The molecule has 1 aliphatic carbocycles. The zero-order valence-corrected chi connectivity index (χ0v) is 24.1. The second kappa shape index (κ2) is 11.5. The second-order valence-electron chi connectivity index (χ2n) is 11.9. The summed E-state index contributed by atoms with van der Waals surface area (Å²) in [6, 6.07) is 11.8. The molecule has 2 heterocycles. The Kier molecular flexibility index (Phi) is 8.25. The van der Waals surface area contributed by atoms with E-state index >= 15 is 0 Å². The van der Waals surface area contributed by atoms with Crippen molar-refractivity contribution in [1.82, 2.24) is 4.90 Å². The van der Waals surface area contributed by atoms with Gasteiger partial charge in [-0.3, -0.25) is 9.59 Å². The van der Waals surface area contributed by atoms with Gasteiger partial charge in [0.05, 0.1) is 18.7 Å². The van der Waals surface area contributed by atoms with Crippen LogP contribution in [0.15, 0.2) is 36.4 Å². The van der Waals surface area contributed by atoms with Crippen LogP contribution in [0.25, 0.3) is 0 Å². The third-order valence-corrected chi connectivity index (χ3v) is 9.34. The van der Waals surface area contributed by atoms with Crippen molar-refractivity contribution in [1.29, 1.82) is 0 Å². The van der Waals surface area contributed by atoms with Crippen LogP contribution in [-0.2, 0) is 27.0 Å². The Morgan fingerprint density at radius 3 is 2.51 bits per heavy atom. The van der Waals surface area contributed by atoms with Gasteiger partial charge in [-0.25, -0.2) is 0 Å². The van der Waals surface area contributed by atoms with E-state index in [1.165, 1.54) is 24.5 Å². The number of Topliss-reactive ketones (excluding diaryl/α,β-unsaturated/α-hetero) is 1. The Labute approximate surface area is 237 Å². The minimum Gasteiger partial charge on any atom is -0.490 e. The molecule has 2 aromatic rings. The maximum Gasteiger partial charge on any atom is 0.226 e. The first kappa shape index (κ1) is 28.0. The molecular formula is C32H41ClN2O4. The normalized spacial score (nSPS) is 26.5. The van der Waals surface area contributed by atoms with Crippen LogP contribution in [0.1, 0.15) is 81.4 Å². The monoisotopic (exact) mass is 552 g/mol. The van der Waals surface area contributed by atoms with Crippen LogP contribution in [0.5, 0.6) is 5.75 Å². The third-order valence-electron chi connectivity index (χ3n) is 9.10. The largest absolute Gasteiger partial charge is 0.490 e. The number of carbonyl (C=O) groups is 2. The number of nitrogens with zero attached hydrogens (tertiary/aromatic N) is 2. The summed E-state index contributed by atoms with van der Waals surface area (Å²) in [5.41, 5.74) is 1.88. The highest BCUT2D eigenvalue weighted by atomic mass is 35.5. The topological polar surface area (TPSA) is 70.1 Å². The molecule has 0 radical (unpaired) electrons. The van der Waals surface area contributed by atoms with Crippen LogP contribution in [0.4, 0.5) is 5.69 Å². The van der Waals surface area contributed by atoms with Gasteiger partial charge in [0.25, 0.3) is 0 Å². The molecule has 0 saturated carbocycles. The van der Waals surface area contributed by atoms with E-state index in [2.05, 4.69) is 17.0 Å². The molecular weight excluding hydrogens is 512 g/mol. The number of benzene rings is 2. The van der Waals surface area contributed by atoms with Gasteiger partial charge in [-0.15, -0.1) is 0 Å². The highest BCUT2D eigenvalue weighted by molar-refractivity contribution is 6.30. The molecule has 6 nitrogen and oxygen atoms in total. The lowest BCUT2D eigenvalue weighted by molar-refractivity contribution is -0.146. The molecule has 7 heteroatoms. The quantitative estimate of drug-likeness (QED) is 0.485. The lowest BCUT2D eigenvalue weighted by Gasteiger charge is -2.41. The van der Waals surface area contributed by atoms with Gasteiger partial charge in [0.1, 0.15) is 5.75 Å². The number of aryl methyl sites for hydroxylation is 1. The first-order chi connectivity index (χ1) is 18.7. The maximum absolute atomic E-state index is 13.1. The molecule has 1 amide bonds. The molecule has 1 spiro atoms. The SMILES string of the molecule is CC(=O)[C@]1(O)CC(=O)N(C)CCCCCCCCN2C[C@@]3(CCCc4cc(Cl)ccc43)COc3ccc1cc32. The summed E-state index contributed by atoms with van der Waals surface area (Å²) in [5, 5.41) is 12.4. The predicted octanol–water partition coefficient (Wildman–Crippen LogP) is 5.79. The summed E-state index contributed by atoms with van der Waals surface area (Å²) in [5.74, 6) is 0.104. The van der Waals surface area contributed by atoms with Crippen molar-refractivity contribution >= 4 is 29.0 Å². The number of aliphatic hydroxyl groups is 1. The average molecular weight is 553 g/mol. The molecule has 0 aromatic heterocycles. The molecule has 2 aromatic carbocycles. The highest BCUT2D eigenvalue weighted by Crippen LogP contribution is 2.45. The number of anilines is 1. The Morgan fingerprint density at radius 1 is 1.00 bits per heavy atom. The molecule has 2 aliphatic heterocycles. The Hall–Kier alpha value is -2.57. The number of carbonyl (C=O) groups excluding carboxylic acids is 2. The van der Waals surface area contributed by atoms with E-state index in [0.29, 0.717) is 18.7 Å². The van der Waals surface area contributed by atoms with Crippen LogP contribution >= 0.6 is 11.6 Å². The summed E-state index contributed by atoms with van der Waals surface area (Å²) in [7, 11) is 1.76. The molecule has 3 aliphatic rings. The van der Waals surface area contributed by atoms with E-state index in [9.17, 15) is 14.7 Å². The van der Waals surface area contributed by atoms with Crippen molar-refractivity contribution in [3.63, 3.8) is 0 Å². The number of ether oxygens (including phenoxy) is 1. The Bertz CT molecular complexity index is 1230. The first-order valence-electron chi connectivity index (χ1n) is 14.5. The summed E-state index contributed by atoms with van der Waals surface area (Å²) in [4.78, 5) is 30.0. The smallest absolute Gasteiger partial charge is 0.226 e. The van der Waals surface area contributed by atoms with E-state index in [1.807, 2.05) is 18.2 Å². The van der Waals surface area contributed by atoms with Gasteiger partial charge in [0, 0.05) is 37.1 Å². The number of hydrogen-bond donors (Lipinski definition) is 1. The lowest BCUT2D eigenvalue weighted by atomic mass is 9.70.